The zero-order valence-electron chi connectivity index (χ0n) is 10.9. The van der Waals surface area contributed by atoms with Gasteiger partial charge >= 0.3 is 12.0 Å². The van der Waals surface area contributed by atoms with Gasteiger partial charge in [-0.05, 0) is 23.4 Å². The van der Waals surface area contributed by atoms with Crippen LogP contribution in [-0.2, 0) is 11.2 Å². The predicted octanol–water partition coefficient (Wildman–Crippen LogP) is 1.90. The molecule has 0 aliphatic carbocycles. The molecule has 1 unspecified atom stereocenters. The maximum absolute atomic E-state index is 12.6. The number of carbonyl (C=O) groups excluding carboxylic acids is 1. The van der Waals surface area contributed by atoms with Gasteiger partial charge in [0, 0.05) is 36.0 Å². The van der Waals surface area contributed by atoms with Crippen molar-refractivity contribution in [3.63, 3.8) is 0 Å². The van der Waals surface area contributed by atoms with Gasteiger partial charge in [-0.15, -0.1) is 11.3 Å². The minimum atomic E-state index is -0.941. The Morgan fingerprint density at radius 3 is 2.70 bits per heavy atom. The van der Waals surface area contributed by atoms with Gasteiger partial charge < -0.3 is 14.9 Å². The monoisotopic (exact) mass is 312 g/mol. The molecule has 2 aliphatic rings. The summed E-state index contributed by atoms with van der Waals surface area (Å²) < 4.78 is 0. The normalized spacial score (nSPS) is 22.5. The maximum Gasteiger partial charge on any atom is 0.331 e. The van der Waals surface area contributed by atoms with Crippen LogP contribution in [0.1, 0.15) is 16.5 Å². The highest BCUT2D eigenvalue weighted by Gasteiger charge is 2.38. The van der Waals surface area contributed by atoms with Crippen LogP contribution in [0.15, 0.2) is 11.4 Å². The van der Waals surface area contributed by atoms with Crippen LogP contribution in [0.5, 0.6) is 0 Å². The van der Waals surface area contributed by atoms with Gasteiger partial charge in [0.15, 0.2) is 6.04 Å². The van der Waals surface area contributed by atoms with Crippen LogP contribution in [0.25, 0.3) is 0 Å². The fourth-order valence-corrected chi connectivity index (χ4v) is 4.53. The maximum atomic E-state index is 12.6. The molecule has 0 aromatic carbocycles. The van der Waals surface area contributed by atoms with E-state index < -0.39 is 12.0 Å². The molecule has 2 amide bonds. The van der Waals surface area contributed by atoms with E-state index in [4.69, 9.17) is 0 Å². The lowest BCUT2D eigenvalue weighted by molar-refractivity contribution is -0.143. The van der Waals surface area contributed by atoms with Crippen LogP contribution in [0.2, 0.25) is 0 Å². The van der Waals surface area contributed by atoms with Crippen molar-refractivity contribution in [3.8, 4) is 0 Å². The van der Waals surface area contributed by atoms with E-state index in [-0.39, 0.29) is 6.03 Å². The number of thioether (sulfide) groups is 1. The number of carboxylic acids is 1. The van der Waals surface area contributed by atoms with Crippen molar-refractivity contribution >= 4 is 35.1 Å². The van der Waals surface area contributed by atoms with E-state index in [1.807, 2.05) is 23.2 Å². The van der Waals surface area contributed by atoms with Gasteiger partial charge in [-0.1, -0.05) is 0 Å². The first-order chi connectivity index (χ1) is 9.68. The number of fused-ring (bicyclic) bond motifs is 1. The summed E-state index contributed by atoms with van der Waals surface area (Å²) in [7, 11) is 0. The molecule has 0 spiro atoms. The molecule has 1 fully saturated rings. The van der Waals surface area contributed by atoms with Gasteiger partial charge in [-0.25, -0.2) is 9.59 Å². The Hall–Kier alpha value is -1.21. The first-order valence-corrected chi connectivity index (χ1v) is 8.64. The lowest BCUT2D eigenvalue weighted by Gasteiger charge is -2.38. The number of urea groups is 1. The standard InChI is InChI=1S/C13H16N2O3S2/c16-12(17)11-9-2-6-20-10(9)1-3-15(11)13(18)14-4-7-19-8-5-14/h2,6,11H,1,3-5,7-8H2,(H,16,17). The van der Waals surface area contributed by atoms with Gasteiger partial charge in [0.25, 0.3) is 0 Å². The van der Waals surface area contributed by atoms with Crippen LogP contribution >= 0.6 is 23.1 Å². The van der Waals surface area contributed by atoms with E-state index in [0.717, 1.165) is 28.4 Å². The third-order valence-electron chi connectivity index (χ3n) is 3.73. The fourth-order valence-electron chi connectivity index (χ4n) is 2.73. The van der Waals surface area contributed by atoms with Crippen LogP contribution < -0.4 is 0 Å². The van der Waals surface area contributed by atoms with E-state index in [1.165, 1.54) is 4.90 Å². The van der Waals surface area contributed by atoms with Crippen molar-refractivity contribution in [1.29, 1.82) is 0 Å². The quantitative estimate of drug-likeness (QED) is 0.860. The number of nitrogens with zero attached hydrogens (tertiary/aromatic N) is 2. The lowest BCUT2D eigenvalue weighted by Crippen LogP contribution is -2.51. The third-order valence-corrected chi connectivity index (χ3v) is 5.67. The zero-order chi connectivity index (χ0) is 14.1. The molecule has 1 aromatic heterocycles. The summed E-state index contributed by atoms with van der Waals surface area (Å²) >= 11 is 3.41. The number of thiophene rings is 1. The molecule has 1 saturated heterocycles. The number of aliphatic carboxylic acids is 1. The summed E-state index contributed by atoms with van der Waals surface area (Å²) in [6.45, 7) is 1.92. The molecule has 1 atom stereocenters. The second-order valence-corrected chi connectivity index (χ2v) is 7.09. The van der Waals surface area contributed by atoms with E-state index in [9.17, 15) is 14.7 Å². The molecule has 0 bridgehead atoms. The molecular weight excluding hydrogens is 296 g/mol. The van der Waals surface area contributed by atoms with Crippen molar-refractivity contribution in [2.45, 2.75) is 12.5 Å². The molecule has 3 rings (SSSR count). The van der Waals surface area contributed by atoms with Crippen LogP contribution in [0.3, 0.4) is 0 Å². The predicted molar refractivity (Wildman–Crippen MR) is 79.4 cm³/mol. The second kappa shape index (κ2) is 5.65. The van der Waals surface area contributed by atoms with E-state index in [0.29, 0.717) is 19.6 Å². The minimum absolute atomic E-state index is 0.130. The number of hydrogen-bond donors (Lipinski definition) is 1. The largest absolute Gasteiger partial charge is 0.479 e. The van der Waals surface area contributed by atoms with Crippen LogP contribution in [0, 0.1) is 0 Å². The Balaban J connectivity index is 1.85. The molecule has 1 N–H and O–H groups in total. The first kappa shape index (κ1) is 13.8. The topological polar surface area (TPSA) is 60.9 Å². The highest BCUT2D eigenvalue weighted by atomic mass is 32.2. The molecule has 0 saturated carbocycles. The number of carbonyl (C=O) groups is 2. The molecule has 20 heavy (non-hydrogen) atoms. The Bertz CT molecular complexity index is 525. The number of carboxylic acid groups (broad SMARTS) is 1. The SMILES string of the molecule is O=C(O)C1c2ccsc2CCN1C(=O)N1CCSCC1. The van der Waals surface area contributed by atoms with Gasteiger partial charge in [0.1, 0.15) is 0 Å². The third kappa shape index (κ3) is 2.40. The summed E-state index contributed by atoms with van der Waals surface area (Å²) in [5.74, 6) is 0.922. The van der Waals surface area contributed by atoms with Crippen LogP contribution in [0.4, 0.5) is 4.79 Å². The minimum Gasteiger partial charge on any atom is -0.479 e. The van der Waals surface area contributed by atoms with Crippen molar-refractivity contribution < 1.29 is 14.7 Å². The van der Waals surface area contributed by atoms with Crippen molar-refractivity contribution in [2.24, 2.45) is 0 Å². The Morgan fingerprint density at radius 1 is 1.25 bits per heavy atom. The molecule has 0 radical (unpaired) electrons. The summed E-state index contributed by atoms with van der Waals surface area (Å²) in [6.07, 6.45) is 0.755. The fraction of sp³-hybridized carbons (Fsp3) is 0.538. The molecule has 7 heteroatoms. The molecule has 3 heterocycles. The number of amides is 2. The van der Waals surface area contributed by atoms with Gasteiger partial charge in [-0.2, -0.15) is 11.8 Å². The van der Waals surface area contributed by atoms with Crippen molar-refractivity contribution in [1.82, 2.24) is 9.80 Å². The van der Waals surface area contributed by atoms with E-state index in [2.05, 4.69) is 0 Å². The van der Waals surface area contributed by atoms with Gasteiger partial charge in [-0.3, -0.25) is 0 Å². The summed E-state index contributed by atoms with van der Waals surface area (Å²) in [5, 5.41) is 11.4. The molecule has 108 valence electrons. The zero-order valence-corrected chi connectivity index (χ0v) is 12.6. The lowest BCUT2D eigenvalue weighted by atomic mass is 10.0. The van der Waals surface area contributed by atoms with Crippen LogP contribution in [-0.4, -0.2) is 58.0 Å². The molecule has 2 aliphatic heterocycles. The summed E-state index contributed by atoms with van der Waals surface area (Å²) in [4.78, 5) is 28.6. The van der Waals surface area contributed by atoms with Gasteiger partial charge in [0.2, 0.25) is 0 Å². The molecular formula is C13H16N2O3S2. The highest BCUT2D eigenvalue weighted by Crippen LogP contribution is 2.34. The smallest absolute Gasteiger partial charge is 0.331 e. The molecule has 5 nitrogen and oxygen atoms in total. The van der Waals surface area contributed by atoms with E-state index >= 15 is 0 Å². The number of hydrogen-bond acceptors (Lipinski definition) is 4. The average Bonchev–Trinajstić information content (AvgIpc) is 2.94. The average molecular weight is 312 g/mol. The van der Waals surface area contributed by atoms with Crippen molar-refractivity contribution in [2.75, 3.05) is 31.1 Å². The number of rotatable bonds is 1. The second-order valence-electron chi connectivity index (χ2n) is 4.87. The Kier molecular flexibility index (Phi) is 3.89. The van der Waals surface area contributed by atoms with E-state index in [1.54, 1.807) is 16.2 Å². The Morgan fingerprint density at radius 2 is 2.00 bits per heavy atom. The summed E-state index contributed by atoms with van der Waals surface area (Å²) in [6, 6.07) is 0.881. The molecule has 1 aromatic rings. The first-order valence-electron chi connectivity index (χ1n) is 6.61. The van der Waals surface area contributed by atoms with Crippen molar-refractivity contribution in [3.05, 3.63) is 21.9 Å². The Labute approximate surface area is 125 Å². The van der Waals surface area contributed by atoms with Gasteiger partial charge in [0.05, 0.1) is 0 Å². The highest BCUT2D eigenvalue weighted by molar-refractivity contribution is 7.99. The summed E-state index contributed by atoms with van der Waals surface area (Å²) in [5.41, 5.74) is 0.786.